The lowest BCUT2D eigenvalue weighted by Gasteiger charge is -2.28. The zero-order valence-corrected chi connectivity index (χ0v) is 12.5. The maximum Gasteiger partial charge on any atom is 0.261 e. The van der Waals surface area contributed by atoms with E-state index in [-0.39, 0.29) is 5.91 Å². The topological polar surface area (TPSA) is 29.1 Å². The second kappa shape index (κ2) is 6.62. The summed E-state index contributed by atoms with van der Waals surface area (Å²) >= 11 is 5.70. The van der Waals surface area contributed by atoms with Crippen molar-refractivity contribution in [3.05, 3.63) is 16.3 Å². The molecule has 4 heteroatoms. The largest absolute Gasteiger partial charge is 0.349 e. The third-order valence-electron chi connectivity index (χ3n) is 3.69. The minimum atomic E-state index is 0.0687. The van der Waals surface area contributed by atoms with Crippen LogP contribution in [0.4, 0.5) is 0 Å². The van der Waals surface area contributed by atoms with Crippen LogP contribution in [0.1, 0.15) is 55.1 Å². The molecule has 0 bridgehead atoms. The number of carbonyl (C=O) groups is 1. The first-order chi connectivity index (χ1) is 8.69. The SMILES string of the molecule is CCCC1CCC(NC(=O)c2cc(S)cs2)CC1. The van der Waals surface area contributed by atoms with E-state index in [1.807, 2.05) is 11.4 Å². The molecule has 1 aliphatic rings. The van der Waals surface area contributed by atoms with Gasteiger partial charge >= 0.3 is 0 Å². The highest BCUT2D eigenvalue weighted by molar-refractivity contribution is 7.80. The van der Waals surface area contributed by atoms with E-state index in [0.29, 0.717) is 6.04 Å². The molecule has 2 rings (SSSR count). The number of thiol groups is 1. The van der Waals surface area contributed by atoms with Crippen molar-refractivity contribution >= 4 is 29.9 Å². The normalized spacial score (nSPS) is 23.9. The Morgan fingerprint density at radius 1 is 1.44 bits per heavy atom. The van der Waals surface area contributed by atoms with Crippen LogP contribution in [0.5, 0.6) is 0 Å². The van der Waals surface area contributed by atoms with E-state index in [0.717, 1.165) is 28.5 Å². The Kier molecular flexibility index (Phi) is 5.13. The first-order valence-electron chi connectivity index (χ1n) is 6.77. The lowest BCUT2D eigenvalue weighted by atomic mass is 9.83. The second-order valence-electron chi connectivity index (χ2n) is 5.15. The smallest absolute Gasteiger partial charge is 0.261 e. The predicted molar refractivity (Wildman–Crippen MR) is 79.7 cm³/mol. The Balaban J connectivity index is 1.79. The van der Waals surface area contributed by atoms with Crippen LogP contribution in [0, 0.1) is 5.92 Å². The van der Waals surface area contributed by atoms with Crippen LogP contribution >= 0.6 is 24.0 Å². The Bertz CT molecular complexity index is 394. The molecule has 0 aromatic carbocycles. The van der Waals surface area contributed by atoms with Gasteiger partial charge in [-0.3, -0.25) is 4.79 Å². The highest BCUT2D eigenvalue weighted by Crippen LogP contribution is 2.28. The fourth-order valence-electron chi connectivity index (χ4n) is 2.71. The van der Waals surface area contributed by atoms with E-state index in [9.17, 15) is 4.79 Å². The summed E-state index contributed by atoms with van der Waals surface area (Å²) in [6.07, 6.45) is 7.42. The van der Waals surface area contributed by atoms with Crippen molar-refractivity contribution < 1.29 is 4.79 Å². The summed E-state index contributed by atoms with van der Waals surface area (Å²) in [7, 11) is 0. The van der Waals surface area contributed by atoms with Gasteiger partial charge in [0.15, 0.2) is 0 Å². The van der Waals surface area contributed by atoms with Crippen LogP contribution in [-0.4, -0.2) is 11.9 Å². The predicted octanol–water partition coefficient (Wildman–Crippen LogP) is 4.13. The third kappa shape index (κ3) is 3.75. The number of hydrogen-bond donors (Lipinski definition) is 2. The molecule has 1 fully saturated rings. The van der Waals surface area contributed by atoms with E-state index in [1.54, 1.807) is 0 Å². The number of hydrogen-bond acceptors (Lipinski definition) is 3. The zero-order chi connectivity index (χ0) is 13.0. The molecule has 0 spiro atoms. The van der Waals surface area contributed by atoms with Crippen LogP contribution in [-0.2, 0) is 0 Å². The molecule has 100 valence electrons. The summed E-state index contributed by atoms with van der Waals surface area (Å²) in [5.74, 6) is 0.952. The van der Waals surface area contributed by atoms with Crippen molar-refractivity contribution in [2.45, 2.75) is 56.4 Å². The van der Waals surface area contributed by atoms with Crippen molar-refractivity contribution in [3.8, 4) is 0 Å². The third-order valence-corrected chi connectivity index (χ3v) is 5.05. The number of nitrogens with one attached hydrogen (secondary N) is 1. The highest BCUT2D eigenvalue weighted by atomic mass is 32.1. The molecule has 0 unspecified atom stereocenters. The van der Waals surface area contributed by atoms with Crippen LogP contribution in [0.15, 0.2) is 16.3 Å². The second-order valence-corrected chi connectivity index (χ2v) is 6.58. The monoisotopic (exact) mass is 283 g/mol. The van der Waals surface area contributed by atoms with Gasteiger partial charge in [-0.1, -0.05) is 19.8 Å². The summed E-state index contributed by atoms with van der Waals surface area (Å²) in [5.41, 5.74) is 0. The molecule has 1 aromatic heterocycles. The molecule has 1 aromatic rings. The maximum atomic E-state index is 12.0. The van der Waals surface area contributed by atoms with Gasteiger partial charge in [-0.25, -0.2) is 0 Å². The molecule has 1 saturated carbocycles. The van der Waals surface area contributed by atoms with E-state index >= 15 is 0 Å². The van der Waals surface area contributed by atoms with Gasteiger partial charge < -0.3 is 5.32 Å². The average Bonchev–Trinajstić information content (AvgIpc) is 2.79. The Hall–Kier alpha value is -0.480. The number of amides is 1. The minimum absolute atomic E-state index is 0.0687. The van der Waals surface area contributed by atoms with Crippen molar-refractivity contribution in [3.63, 3.8) is 0 Å². The fourth-order valence-corrected chi connectivity index (χ4v) is 3.76. The molecule has 1 heterocycles. The molecule has 0 aliphatic heterocycles. The average molecular weight is 283 g/mol. The Morgan fingerprint density at radius 3 is 2.72 bits per heavy atom. The van der Waals surface area contributed by atoms with E-state index < -0.39 is 0 Å². The quantitative estimate of drug-likeness (QED) is 0.799. The standard InChI is InChI=1S/C14H21NOS2/c1-2-3-10-4-6-11(7-5-10)15-14(16)13-8-12(17)9-18-13/h8-11,17H,2-7H2,1H3,(H,15,16). The van der Waals surface area contributed by atoms with Crippen molar-refractivity contribution in [2.75, 3.05) is 0 Å². The van der Waals surface area contributed by atoms with Gasteiger partial charge in [-0.15, -0.1) is 24.0 Å². The summed E-state index contributed by atoms with van der Waals surface area (Å²) in [5, 5.41) is 5.05. The van der Waals surface area contributed by atoms with Gasteiger partial charge in [0.05, 0.1) is 4.88 Å². The van der Waals surface area contributed by atoms with Gasteiger partial charge in [-0.2, -0.15) is 0 Å². The molecule has 0 atom stereocenters. The van der Waals surface area contributed by atoms with Gasteiger partial charge in [0, 0.05) is 16.3 Å². The summed E-state index contributed by atoms with van der Waals surface area (Å²) in [4.78, 5) is 13.6. The fraction of sp³-hybridized carbons (Fsp3) is 0.643. The molecule has 2 nitrogen and oxygen atoms in total. The highest BCUT2D eigenvalue weighted by Gasteiger charge is 2.22. The van der Waals surface area contributed by atoms with Gasteiger partial charge in [-0.05, 0) is 37.7 Å². The molecule has 0 radical (unpaired) electrons. The summed E-state index contributed by atoms with van der Waals surface area (Å²) in [6.45, 7) is 2.25. The van der Waals surface area contributed by atoms with E-state index in [4.69, 9.17) is 0 Å². The first kappa shape index (κ1) is 13.9. The molecule has 1 N–H and O–H groups in total. The number of carbonyl (C=O) groups excluding carboxylic acids is 1. The Morgan fingerprint density at radius 2 is 2.17 bits per heavy atom. The molecule has 0 saturated heterocycles. The van der Waals surface area contributed by atoms with E-state index in [2.05, 4.69) is 24.9 Å². The lowest BCUT2D eigenvalue weighted by molar-refractivity contribution is 0.0925. The van der Waals surface area contributed by atoms with Crippen LogP contribution in [0.2, 0.25) is 0 Å². The first-order valence-corrected chi connectivity index (χ1v) is 8.10. The Labute approximate surface area is 119 Å². The van der Waals surface area contributed by atoms with Gasteiger partial charge in [0.1, 0.15) is 0 Å². The minimum Gasteiger partial charge on any atom is -0.349 e. The molecular weight excluding hydrogens is 262 g/mol. The zero-order valence-electron chi connectivity index (χ0n) is 10.8. The lowest BCUT2D eigenvalue weighted by Crippen LogP contribution is -2.37. The molecular formula is C14H21NOS2. The summed E-state index contributed by atoms with van der Waals surface area (Å²) in [6, 6.07) is 2.21. The summed E-state index contributed by atoms with van der Waals surface area (Å²) < 4.78 is 0. The van der Waals surface area contributed by atoms with Crippen molar-refractivity contribution in [2.24, 2.45) is 5.92 Å². The number of thiophene rings is 1. The van der Waals surface area contributed by atoms with Crippen LogP contribution < -0.4 is 5.32 Å². The molecule has 1 amide bonds. The van der Waals surface area contributed by atoms with Crippen molar-refractivity contribution in [1.29, 1.82) is 0 Å². The number of rotatable bonds is 4. The maximum absolute atomic E-state index is 12.0. The van der Waals surface area contributed by atoms with Crippen LogP contribution in [0.3, 0.4) is 0 Å². The molecule has 18 heavy (non-hydrogen) atoms. The van der Waals surface area contributed by atoms with Gasteiger partial charge in [0.2, 0.25) is 0 Å². The van der Waals surface area contributed by atoms with Crippen LogP contribution in [0.25, 0.3) is 0 Å². The molecule has 1 aliphatic carbocycles. The van der Waals surface area contributed by atoms with Crippen molar-refractivity contribution in [1.82, 2.24) is 5.32 Å². The van der Waals surface area contributed by atoms with Gasteiger partial charge in [0.25, 0.3) is 5.91 Å². The van der Waals surface area contributed by atoms with E-state index in [1.165, 1.54) is 37.0 Å².